The molecule has 156 valence electrons. The van der Waals surface area contributed by atoms with Gasteiger partial charge < -0.3 is 9.52 Å². The molecule has 0 aliphatic carbocycles. The van der Waals surface area contributed by atoms with Gasteiger partial charge in [0, 0.05) is 6.42 Å². The van der Waals surface area contributed by atoms with Crippen LogP contribution in [0.5, 0.6) is 0 Å². The Bertz CT molecular complexity index is 926. The summed E-state index contributed by atoms with van der Waals surface area (Å²) >= 11 is 0. The van der Waals surface area contributed by atoms with Gasteiger partial charge in [0.2, 0.25) is 5.72 Å². The Hall–Kier alpha value is -2.89. The van der Waals surface area contributed by atoms with Gasteiger partial charge in [0.05, 0.1) is 12.0 Å². The number of hydrogen-bond donors (Lipinski definition) is 1. The molecule has 1 aliphatic rings. The van der Waals surface area contributed by atoms with Crippen LogP contribution in [0.3, 0.4) is 0 Å². The Morgan fingerprint density at radius 2 is 1.66 bits per heavy atom. The molecule has 0 fully saturated rings. The molecule has 2 heterocycles. The smallest absolute Gasteiger partial charge is 0.459 e. The Labute approximate surface area is 158 Å². The van der Waals surface area contributed by atoms with Crippen LogP contribution in [0, 0.1) is 0 Å². The van der Waals surface area contributed by atoms with Gasteiger partial charge in [-0.15, -0.1) is 0 Å². The van der Waals surface area contributed by atoms with Crippen molar-refractivity contribution in [2.75, 3.05) is 0 Å². The van der Waals surface area contributed by atoms with E-state index < -0.39 is 52.6 Å². The molecule has 2 aromatic rings. The largest absolute Gasteiger partial charge is 0.460 e. The minimum Gasteiger partial charge on any atom is -0.459 e. The van der Waals surface area contributed by atoms with Crippen LogP contribution in [0.25, 0.3) is 0 Å². The Morgan fingerprint density at radius 3 is 2.17 bits per heavy atom. The molecule has 1 aliphatic heterocycles. The molecule has 0 saturated heterocycles. The third kappa shape index (κ3) is 3.07. The van der Waals surface area contributed by atoms with Crippen LogP contribution >= 0.6 is 0 Å². The van der Waals surface area contributed by atoms with Crippen molar-refractivity contribution < 1.29 is 45.1 Å². The minimum atomic E-state index is -6.71. The first kappa shape index (κ1) is 20.8. The van der Waals surface area contributed by atoms with Crippen molar-refractivity contribution in [3.63, 3.8) is 0 Å². The minimum absolute atomic E-state index is 0.0341. The number of carbonyl (C=O) groups excluding carboxylic acids is 1. The summed E-state index contributed by atoms with van der Waals surface area (Å²) in [4.78, 5) is 12.4. The van der Waals surface area contributed by atoms with Gasteiger partial charge in [-0.05, 0) is 17.7 Å². The lowest BCUT2D eigenvalue weighted by Gasteiger charge is -2.40. The average molecular weight is 424 g/mol. The van der Waals surface area contributed by atoms with Crippen LogP contribution in [0.1, 0.15) is 22.5 Å². The highest BCUT2D eigenvalue weighted by atomic mass is 19.4. The first-order valence-electron chi connectivity index (χ1n) is 7.88. The normalized spacial score (nSPS) is 20.7. The lowest BCUT2D eigenvalue weighted by atomic mass is 9.91. The highest BCUT2D eigenvalue weighted by Crippen LogP contribution is 2.54. The van der Waals surface area contributed by atoms with Crippen molar-refractivity contribution in [3.8, 4) is 0 Å². The van der Waals surface area contributed by atoms with Crippen LogP contribution in [-0.2, 0) is 0 Å². The molecule has 0 unspecified atom stereocenters. The lowest BCUT2D eigenvalue weighted by Crippen LogP contribution is -2.69. The van der Waals surface area contributed by atoms with E-state index in [1.54, 1.807) is 0 Å². The van der Waals surface area contributed by atoms with Crippen LogP contribution < -0.4 is 0 Å². The van der Waals surface area contributed by atoms with E-state index in [-0.39, 0.29) is 5.56 Å². The number of aliphatic hydroxyl groups is 1. The van der Waals surface area contributed by atoms with Gasteiger partial charge in [0.25, 0.3) is 0 Å². The first-order valence-corrected chi connectivity index (χ1v) is 7.88. The fourth-order valence-corrected chi connectivity index (χ4v) is 2.73. The molecule has 0 saturated carbocycles. The summed E-state index contributed by atoms with van der Waals surface area (Å²) in [5.41, 5.74) is -4.78. The molecule has 0 bridgehead atoms. The summed E-state index contributed by atoms with van der Waals surface area (Å²) in [5, 5.41) is 13.3. The van der Waals surface area contributed by atoms with E-state index >= 15 is 0 Å². The summed E-state index contributed by atoms with van der Waals surface area (Å²) in [7, 11) is 0. The van der Waals surface area contributed by atoms with Crippen LogP contribution in [0.4, 0.5) is 30.7 Å². The van der Waals surface area contributed by atoms with Gasteiger partial charge in [-0.3, -0.25) is 4.79 Å². The highest BCUT2D eigenvalue weighted by Gasteiger charge is 2.82. The number of halogens is 7. The Morgan fingerprint density at radius 1 is 1.03 bits per heavy atom. The summed E-state index contributed by atoms with van der Waals surface area (Å²) in [6.07, 6.45) is -7.25. The van der Waals surface area contributed by atoms with Gasteiger partial charge in [-0.2, -0.15) is 40.8 Å². The number of furan rings is 1. The standard InChI is InChI=1S/C17H11F7N2O3/c18-15(19,16(20,21)17(22,23)24)14(28)9-11(10-5-2-1-3-6-10)25-26(14)13(27)12-7-4-8-29-12/h1-8,28H,9H2/t14-/m1/s1. The predicted octanol–water partition coefficient (Wildman–Crippen LogP) is 4.05. The van der Waals surface area contributed by atoms with E-state index in [0.29, 0.717) is 0 Å². The molecule has 0 radical (unpaired) electrons. The monoisotopic (exact) mass is 424 g/mol. The number of amides is 1. The summed E-state index contributed by atoms with van der Waals surface area (Å²) < 4.78 is 99.1. The maximum Gasteiger partial charge on any atom is 0.460 e. The van der Waals surface area contributed by atoms with E-state index in [1.165, 1.54) is 30.3 Å². The molecule has 1 N–H and O–H groups in total. The zero-order chi connectivity index (χ0) is 21.7. The number of hydrazone groups is 1. The second kappa shape index (κ2) is 6.58. The molecule has 12 heteroatoms. The van der Waals surface area contributed by atoms with Gasteiger partial charge in [-0.25, -0.2) is 0 Å². The Balaban J connectivity index is 2.14. The lowest BCUT2D eigenvalue weighted by molar-refractivity contribution is -0.400. The molecule has 1 aromatic carbocycles. The maximum absolute atomic E-state index is 14.5. The van der Waals surface area contributed by atoms with Crippen molar-refractivity contribution in [2.45, 2.75) is 30.2 Å². The van der Waals surface area contributed by atoms with Gasteiger partial charge in [0.15, 0.2) is 5.76 Å². The molecule has 1 amide bonds. The zero-order valence-corrected chi connectivity index (χ0v) is 14.1. The first-order chi connectivity index (χ1) is 13.3. The second-order valence-corrected chi connectivity index (χ2v) is 6.15. The van der Waals surface area contributed by atoms with E-state index in [0.717, 1.165) is 18.4 Å². The third-order valence-electron chi connectivity index (χ3n) is 4.27. The van der Waals surface area contributed by atoms with Crippen LogP contribution in [-0.4, -0.2) is 45.5 Å². The maximum atomic E-state index is 14.5. The quantitative estimate of drug-likeness (QED) is 0.754. The summed E-state index contributed by atoms with van der Waals surface area (Å²) in [5.74, 6) is -15.1. The van der Waals surface area contributed by atoms with E-state index in [1.807, 2.05) is 0 Å². The fraction of sp³-hybridized carbons (Fsp3) is 0.294. The molecule has 5 nitrogen and oxygen atoms in total. The van der Waals surface area contributed by atoms with Crippen molar-refractivity contribution in [3.05, 3.63) is 60.1 Å². The second-order valence-electron chi connectivity index (χ2n) is 6.15. The number of alkyl halides is 7. The number of benzene rings is 1. The molecule has 1 atom stereocenters. The topological polar surface area (TPSA) is 66.0 Å². The van der Waals surface area contributed by atoms with E-state index in [9.17, 15) is 40.6 Å². The van der Waals surface area contributed by atoms with Gasteiger partial charge >= 0.3 is 23.9 Å². The van der Waals surface area contributed by atoms with Gasteiger partial charge in [-0.1, -0.05) is 30.3 Å². The molecular formula is C17H11F7N2O3. The number of hydrogen-bond acceptors (Lipinski definition) is 4. The van der Waals surface area contributed by atoms with Crippen molar-refractivity contribution in [2.24, 2.45) is 5.10 Å². The predicted molar refractivity (Wildman–Crippen MR) is 83.4 cm³/mol. The Kier molecular flexibility index (Phi) is 4.72. The molecule has 0 spiro atoms. The van der Waals surface area contributed by atoms with E-state index in [2.05, 4.69) is 9.52 Å². The van der Waals surface area contributed by atoms with Crippen LogP contribution in [0.2, 0.25) is 0 Å². The van der Waals surface area contributed by atoms with Crippen LogP contribution in [0.15, 0.2) is 58.2 Å². The molecule has 1 aromatic heterocycles. The average Bonchev–Trinajstić information content (AvgIpc) is 3.29. The van der Waals surface area contributed by atoms with Gasteiger partial charge in [0.1, 0.15) is 0 Å². The molecule has 29 heavy (non-hydrogen) atoms. The SMILES string of the molecule is O=C(c1ccco1)N1N=C(c2ccccc2)C[C@@]1(O)C(F)(F)C(F)(F)C(F)(F)F. The molecular weight excluding hydrogens is 413 g/mol. The van der Waals surface area contributed by atoms with E-state index in [4.69, 9.17) is 0 Å². The molecule has 3 rings (SSSR count). The highest BCUT2D eigenvalue weighted by molar-refractivity contribution is 6.05. The summed E-state index contributed by atoms with van der Waals surface area (Å²) in [6.45, 7) is 0. The van der Waals surface area contributed by atoms with Crippen molar-refractivity contribution >= 4 is 11.6 Å². The zero-order valence-electron chi connectivity index (χ0n) is 14.1. The number of rotatable bonds is 4. The fourth-order valence-electron chi connectivity index (χ4n) is 2.73. The third-order valence-corrected chi connectivity index (χ3v) is 4.27. The summed E-state index contributed by atoms with van der Waals surface area (Å²) in [6, 6.07) is 9.02. The van der Waals surface area contributed by atoms with Crippen molar-refractivity contribution in [1.82, 2.24) is 5.01 Å². The number of nitrogens with zero attached hydrogens (tertiary/aromatic N) is 2. The van der Waals surface area contributed by atoms with Crippen molar-refractivity contribution in [1.29, 1.82) is 0 Å². The number of carbonyl (C=O) groups is 1.